The average Bonchev–Trinajstić information content (AvgIpc) is 3.47. The van der Waals surface area contributed by atoms with Crippen LogP contribution >= 0.6 is 0 Å². The number of carbonyl (C=O) groups is 3. The summed E-state index contributed by atoms with van der Waals surface area (Å²) in [6, 6.07) is 17.7. The molecule has 1 fully saturated rings. The number of aromatic hydroxyl groups is 1. The lowest BCUT2D eigenvalue weighted by atomic mass is 10.0. The topological polar surface area (TPSA) is 104 Å². The van der Waals surface area contributed by atoms with Crippen LogP contribution in [-0.2, 0) is 15.5 Å². The molecule has 2 heterocycles. The number of benzene rings is 3. The lowest BCUT2D eigenvalue weighted by Crippen LogP contribution is -2.36. The summed E-state index contributed by atoms with van der Waals surface area (Å²) >= 11 is 0. The molecule has 1 aromatic heterocycles. The fourth-order valence-corrected chi connectivity index (χ4v) is 4.70. The quantitative estimate of drug-likeness (QED) is 0.302. The van der Waals surface area contributed by atoms with Crippen LogP contribution in [0.4, 0.5) is 20.2 Å². The van der Waals surface area contributed by atoms with Crippen LogP contribution in [0.15, 0.2) is 79.0 Å². The molecule has 1 aliphatic heterocycles. The Kier molecular flexibility index (Phi) is 6.65. The van der Waals surface area contributed by atoms with Crippen molar-refractivity contribution in [1.82, 2.24) is 9.99 Å². The van der Waals surface area contributed by atoms with Crippen molar-refractivity contribution in [3.63, 3.8) is 0 Å². The number of nitrogens with zero attached hydrogens (tertiary/aromatic N) is 2. The summed E-state index contributed by atoms with van der Waals surface area (Å²) in [6.07, 6.45) is 1.23. The van der Waals surface area contributed by atoms with Crippen molar-refractivity contribution in [2.45, 2.75) is 32.2 Å². The number of halogens is 2. The van der Waals surface area contributed by atoms with E-state index in [0.717, 1.165) is 5.39 Å². The van der Waals surface area contributed by atoms with Crippen LogP contribution in [0.1, 0.15) is 36.2 Å². The molecule has 39 heavy (non-hydrogen) atoms. The van der Waals surface area contributed by atoms with Gasteiger partial charge in [-0.25, -0.2) is 19.2 Å². The largest absolute Gasteiger partial charge is 0.508 e. The predicted octanol–water partition coefficient (Wildman–Crippen LogP) is 5.03. The monoisotopic (exact) mass is 532 g/mol. The number of nitrogens with one attached hydrogen (secondary N) is 2. The minimum Gasteiger partial charge on any atom is -0.508 e. The van der Waals surface area contributed by atoms with Crippen molar-refractivity contribution < 1.29 is 28.3 Å². The van der Waals surface area contributed by atoms with E-state index in [1.807, 2.05) is 0 Å². The summed E-state index contributed by atoms with van der Waals surface area (Å²) in [6.45, 7) is 3.05. The number of hydrazine groups is 1. The first-order valence-electron chi connectivity index (χ1n) is 12.4. The highest BCUT2D eigenvalue weighted by molar-refractivity contribution is 6.14. The highest BCUT2D eigenvalue weighted by atomic mass is 19.3. The van der Waals surface area contributed by atoms with Crippen LogP contribution in [0.25, 0.3) is 10.9 Å². The summed E-state index contributed by atoms with van der Waals surface area (Å²) in [5, 5.41) is 14.4. The second kappa shape index (κ2) is 9.95. The summed E-state index contributed by atoms with van der Waals surface area (Å²) in [7, 11) is 0. The molecule has 4 aromatic rings. The Labute approximate surface area is 222 Å². The lowest BCUT2D eigenvalue weighted by Gasteiger charge is -2.17. The highest BCUT2D eigenvalue weighted by Crippen LogP contribution is 2.33. The van der Waals surface area contributed by atoms with E-state index in [1.165, 1.54) is 52.9 Å². The van der Waals surface area contributed by atoms with Crippen molar-refractivity contribution >= 4 is 40.0 Å². The fraction of sp³-hybridized carbons (Fsp3) is 0.207. The maximum absolute atomic E-state index is 14.1. The maximum atomic E-state index is 14.1. The van der Waals surface area contributed by atoms with Crippen LogP contribution in [0.2, 0.25) is 0 Å². The lowest BCUT2D eigenvalue weighted by molar-refractivity contribution is -0.129. The first kappa shape index (κ1) is 26.1. The second-order valence-electron chi connectivity index (χ2n) is 9.48. The van der Waals surface area contributed by atoms with Gasteiger partial charge in [0.1, 0.15) is 11.7 Å². The van der Waals surface area contributed by atoms with Gasteiger partial charge in [-0.15, -0.1) is 0 Å². The van der Waals surface area contributed by atoms with Crippen molar-refractivity contribution in [2.75, 3.05) is 10.3 Å². The zero-order valence-electron chi connectivity index (χ0n) is 21.2. The summed E-state index contributed by atoms with van der Waals surface area (Å²) < 4.78 is 29.7. The third kappa shape index (κ3) is 4.86. The molecule has 0 saturated carbocycles. The van der Waals surface area contributed by atoms with Gasteiger partial charge in [0.2, 0.25) is 5.91 Å². The Balaban J connectivity index is 1.39. The molecule has 0 spiro atoms. The molecule has 5 rings (SSSR count). The van der Waals surface area contributed by atoms with E-state index >= 15 is 0 Å². The number of phenols is 1. The van der Waals surface area contributed by atoms with Crippen LogP contribution < -0.4 is 15.8 Å². The molecule has 0 bridgehead atoms. The van der Waals surface area contributed by atoms with Crippen molar-refractivity contribution in [1.29, 1.82) is 0 Å². The Morgan fingerprint density at radius 3 is 2.56 bits per heavy atom. The van der Waals surface area contributed by atoms with E-state index < -0.39 is 29.7 Å². The molecule has 2 amide bonds. The number of hydrogen-bond acceptors (Lipinski definition) is 5. The summed E-state index contributed by atoms with van der Waals surface area (Å²) in [4.78, 5) is 39.5. The molecular weight excluding hydrogens is 506 g/mol. The van der Waals surface area contributed by atoms with Gasteiger partial charge in [-0.2, -0.15) is 0 Å². The van der Waals surface area contributed by atoms with Gasteiger partial charge in [0.05, 0.1) is 11.2 Å². The summed E-state index contributed by atoms with van der Waals surface area (Å²) in [5.74, 6) is -5.69. The Morgan fingerprint density at radius 1 is 1.05 bits per heavy atom. The maximum Gasteiger partial charge on any atom is 0.273 e. The highest BCUT2D eigenvalue weighted by Gasteiger charge is 2.43. The Bertz CT molecular complexity index is 1600. The normalized spacial score (nSPS) is 17.5. The van der Waals surface area contributed by atoms with E-state index in [-0.39, 0.29) is 29.3 Å². The molecule has 200 valence electrons. The molecule has 2 unspecified atom stereocenters. The van der Waals surface area contributed by atoms with Crippen molar-refractivity contribution in [3.05, 3.63) is 90.1 Å². The second-order valence-corrected chi connectivity index (χ2v) is 9.48. The molecule has 3 aromatic carbocycles. The molecule has 1 aliphatic rings. The number of amides is 2. The number of alkyl halides is 2. The molecule has 10 heteroatoms. The number of aromatic nitrogens is 1. The van der Waals surface area contributed by atoms with Gasteiger partial charge < -0.3 is 10.4 Å². The number of fused-ring (bicyclic) bond motifs is 1. The first-order chi connectivity index (χ1) is 18.6. The third-order valence-corrected chi connectivity index (χ3v) is 6.84. The standard InChI is InChI=1S/C29H26F2N4O4/c1-3-29(30,31)20-7-5-8-21(15-20)32-26(37)25-17(2)33-35(28(25)39)22-11-10-18-12-13-34(24(18)16-22)27(38)19-6-4-9-23(36)14-19/h4-17,25,33,36H,3H2,1-2H3,(H,32,37). The van der Waals surface area contributed by atoms with Gasteiger partial charge in [0, 0.05) is 40.9 Å². The number of hydrogen-bond donors (Lipinski definition) is 3. The summed E-state index contributed by atoms with van der Waals surface area (Å²) in [5.41, 5.74) is 4.20. The number of anilines is 2. The Hall–Kier alpha value is -4.57. The molecule has 8 nitrogen and oxygen atoms in total. The van der Waals surface area contributed by atoms with E-state index in [0.29, 0.717) is 16.8 Å². The van der Waals surface area contributed by atoms with Crippen LogP contribution in [-0.4, -0.2) is 33.4 Å². The SMILES string of the molecule is CCC(F)(F)c1cccc(NC(=O)C2C(=O)N(c3ccc4ccn(C(=O)c5cccc(O)c5)c4c3)NC2C)c1. The molecule has 0 radical (unpaired) electrons. The van der Waals surface area contributed by atoms with Crippen LogP contribution in [0, 0.1) is 5.92 Å². The van der Waals surface area contributed by atoms with Gasteiger partial charge in [-0.1, -0.05) is 31.2 Å². The van der Waals surface area contributed by atoms with Crippen molar-refractivity contribution in [2.24, 2.45) is 5.92 Å². The molecule has 3 N–H and O–H groups in total. The predicted molar refractivity (Wildman–Crippen MR) is 143 cm³/mol. The number of rotatable bonds is 6. The minimum atomic E-state index is -3.03. The van der Waals surface area contributed by atoms with E-state index in [9.17, 15) is 28.3 Å². The van der Waals surface area contributed by atoms with E-state index in [1.54, 1.807) is 49.5 Å². The van der Waals surface area contributed by atoms with Crippen LogP contribution in [0.5, 0.6) is 5.75 Å². The average molecular weight is 533 g/mol. The zero-order chi connectivity index (χ0) is 27.9. The zero-order valence-corrected chi connectivity index (χ0v) is 21.2. The third-order valence-electron chi connectivity index (χ3n) is 6.84. The number of phenolic OH excluding ortho intramolecular Hbond substituents is 1. The fourth-order valence-electron chi connectivity index (χ4n) is 4.70. The van der Waals surface area contributed by atoms with Crippen LogP contribution in [0.3, 0.4) is 0 Å². The molecule has 2 atom stereocenters. The molecule has 0 aliphatic carbocycles. The van der Waals surface area contributed by atoms with Gasteiger partial charge >= 0.3 is 0 Å². The smallest absolute Gasteiger partial charge is 0.273 e. The first-order valence-corrected chi connectivity index (χ1v) is 12.4. The molecule has 1 saturated heterocycles. The van der Waals surface area contributed by atoms with Gasteiger partial charge in [0.15, 0.2) is 0 Å². The van der Waals surface area contributed by atoms with E-state index in [4.69, 9.17) is 0 Å². The van der Waals surface area contributed by atoms with Crippen molar-refractivity contribution in [3.8, 4) is 5.75 Å². The van der Waals surface area contributed by atoms with E-state index in [2.05, 4.69) is 10.7 Å². The van der Waals surface area contributed by atoms with Gasteiger partial charge in [0.25, 0.3) is 17.7 Å². The Morgan fingerprint density at radius 2 is 1.82 bits per heavy atom. The molecular formula is C29H26F2N4O4. The van der Waals surface area contributed by atoms with Gasteiger partial charge in [-0.05, 0) is 55.5 Å². The minimum absolute atomic E-state index is 0.0334. The number of carbonyl (C=O) groups excluding carboxylic acids is 3. The van der Waals surface area contributed by atoms with Gasteiger partial charge in [-0.3, -0.25) is 19.0 Å².